The molecule has 2 aromatic heterocycles. The number of fused-ring (bicyclic) bond motifs is 12. The highest BCUT2D eigenvalue weighted by Crippen LogP contribution is 2.45. The first-order valence-corrected chi connectivity index (χ1v) is 22.2. The van der Waals surface area contributed by atoms with Crippen molar-refractivity contribution in [3.05, 3.63) is 229 Å². The lowest BCUT2D eigenvalue weighted by molar-refractivity contribution is 0.669. The van der Waals surface area contributed by atoms with Crippen LogP contribution in [-0.4, -0.2) is 11.5 Å². The SMILES string of the molecule is C=C1CC(c2cc(-c3cccc4oc5cccc(-c6cccc7c6oc6ccccc67)c5c34)ccc2C#N)=NC(c2ccccc2)=NC1c1ccc2c3ccccc3c3ccccc3c2c1. The quantitative estimate of drug-likeness (QED) is 0.128. The molecule has 10 aromatic carbocycles. The summed E-state index contributed by atoms with van der Waals surface area (Å²) in [5.41, 5.74) is 12.0. The standard InChI is InChI=1S/C61H37N3O2/c1-36-32-53(63-61(37-14-3-2-4-15-37)64-59(36)39-30-31-46-44-18-6-5-16-42(44)43-17-7-8-19-45(43)52(46)34-39)51-33-38(28-29-40(51)35-62)41-21-12-26-55-57(41)58-48(22-13-27-56(58)65-55)50-24-11-23-49-47-20-9-10-25-54(47)66-60(49)50/h2-31,33-34,59H,1,32H2. The van der Waals surface area contributed by atoms with Gasteiger partial charge < -0.3 is 8.83 Å². The molecule has 3 heterocycles. The zero-order valence-electron chi connectivity index (χ0n) is 35.6. The van der Waals surface area contributed by atoms with E-state index in [4.69, 9.17) is 25.4 Å². The van der Waals surface area contributed by atoms with Gasteiger partial charge in [-0.1, -0.05) is 164 Å². The number of furan rings is 2. The van der Waals surface area contributed by atoms with Crippen LogP contribution in [0.3, 0.4) is 0 Å². The Balaban J connectivity index is 0.961. The van der Waals surface area contributed by atoms with Crippen molar-refractivity contribution in [2.45, 2.75) is 12.5 Å². The number of nitrogens with zero attached hydrogens (tertiary/aromatic N) is 3. The van der Waals surface area contributed by atoms with Crippen molar-refractivity contribution in [1.29, 1.82) is 5.26 Å². The van der Waals surface area contributed by atoms with Crippen LogP contribution in [0.5, 0.6) is 0 Å². The molecule has 0 radical (unpaired) electrons. The van der Waals surface area contributed by atoms with E-state index in [1.807, 2.05) is 84.9 Å². The molecular weight excluding hydrogens is 807 g/mol. The van der Waals surface area contributed by atoms with Crippen LogP contribution in [0, 0.1) is 11.3 Å². The fourth-order valence-electron chi connectivity index (χ4n) is 10.3. The summed E-state index contributed by atoms with van der Waals surface area (Å²) in [5, 5.41) is 22.1. The smallest absolute Gasteiger partial charge is 0.155 e. The van der Waals surface area contributed by atoms with Crippen molar-refractivity contribution < 1.29 is 8.83 Å². The average molecular weight is 844 g/mol. The van der Waals surface area contributed by atoms with E-state index in [2.05, 4.69) is 115 Å². The van der Waals surface area contributed by atoms with Crippen molar-refractivity contribution in [1.82, 2.24) is 0 Å². The van der Waals surface area contributed by atoms with Gasteiger partial charge in [0.15, 0.2) is 5.84 Å². The Labute approximate surface area is 379 Å². The summed E-state index contributed by atoms with van der Waals surface area (Å²) >= 11 is 0. The van der Waals surface area contributed by atoms with E-state index >= 15 is 0 Å². The number of rotatable bonds is 5. The normalized spacial score (nSPS) is 14.3. The third-order valence-corrected chi connectivity index (χ3v) is 13.4. The predicted octanol–water partition coefficient (Wildman–Crippen LogP) is 16.1. The summed E-state index contributed by atoms with van der Waals surface area (Å²) in [6, 6.07) is 69.1. The second-order valence-corrected chi connectivity index (χ2v) is 17.1. The lowest BCUT2D eigenvalue weighted by Gasteiger charge is -2.18. The maximum atomic E-state index is 10.7. The van der Waals surface area contributed by atoms with Crippen LogP contribution in [-0.2, 0) is 0 Å². The molecule has 0 spiro atoms. The van der Waals surface area contributed by atoms with E-state index < -0.39 is 0 Å². The largest absolute Gasteiger partial charge is 0.456 e. The maximum absolute atomic E-state index is 10.7. The first kappa shape index (κ1) is 37.7. The number of para-hydroxylation sites is 2. The topological polar surface area (TPSA) is 74.8 Å². The number of nitriles is 1. The third-order valence-electron chi connectivity index (χ3n) is 13.4. The molecule has 0 amide bonds. The summed E-state index contributed by atoms with van der Waals surface area (Å²) in [6.07, 6.45) is 0.420. The van der Waals surface area contributed by atoms with Crippen molar-refractivity contribution in [3.63, 3.8) is 0 Å². The summed E-state index contributed by atoms with van der Waals surface area (Å²) in [6.45, 7) is 4.72. The lowest BCUT2D eigenvalue weighted by atomic mass is 9.88. The summed E-state index contributed by atoms with van der Waals surface area (Å²) in [5.74, 6) is 0.597. The van der Waals surface area contributed by atoms with E-state index in [1.54, 1.807) is 0 Å². The van der Waals surface area contributed by atoms with Crippen LogP contribution >= 0.6 is 0 Å². The molecule has 0 N–H and O–H groups in total. The zero-order chi connectivity index (χ0) is 43.9. The molecule has 13 rings (SSSR count). The molecule has 66 heavy (non-hydrogen) atoms. The molecule has 12 aromatic rings. The van der Waals surface area contributed by atoms with Crippen molar-refractivity contribution >= 4 is 87.7 Å². The highest BCUT2D eigenvalue weighted by atomic mass is 16.3. The van der Waals surface area contributed by atoms with Crippen LogP contribution in [0.2, 0.25) is 0 Å². The van der Waals surface area contributed by atoms with Gasteiger partial charge in [-0.15, -0.1) is 0 Å². The highest BCUT2D eigenvalue weighted by molar-refractivity contribution is 6.26. The van der Waals surface area contributed by atoms with Gasteiger partial charge in [-0.25, -0.2) is 4.99 Å². The molecule has 5 heteroatoms. The molecule has 0 bridgehead atoms. The summed E-state index contributed by atoms with van der Waals surface area (Å²) < 4.78 is 13.2. The maximum Gasteiger partial charge on any atom is 0.155 e. The Morgan fingerprint density at radius 2 is 1.06 bits per heavy atom. The van der Waals surface area contributed by atoms with Gasteiger partial charge in [-0.2, -0.15) is 5.26 Å². The molecule has 0 aliphatic carbocycles. The first-order valence-electron chi connectivity index (χ1n) is 22.2. The van der Waals surface area contributed by atoms with E-state index in [1.165, 1.54) is 32.3 Å². The molecule has 0 saturated carbocycles. The van der Waals surface area contributed by atoms with Crippen LogP contribution in [0.25, 0.3) is 98.4 Å². The number of hydrogen-bond donors (Lipinski definition) is 0. The van der Waals surface area contributed by atoms with Gasteiger partial charge in [0.2, 0.25) is 0 Å². The molecule has 5 nitrogen and oxygen atoms in total. The summed E-state index contributed by atoms with van der Waals surface area (Å²) in [7, 11) is 0. The number of amidine groups is 1. The molecule has 1 aliphatic heterocycles. The Kier molecular flexibility index (Phi) is 8.49. The molecule has 1 atom stereocenters. The van der Waals surface area contributed by atoms with E-state index in [9.17, 15) is 5.26 Å². The van der Waals surface area contributed by atoms with E-state index in [-0.39, 0.29) is 6.04 Å². The minimum atomic E-state index is -0.384. The van der Waals surface area contributed by atoms with Crippen LogP contribution in [0.4, 0.5) is 0 Å². The minimum absolute atomic E-state index is 0.384. The molecule has 1 unspecified atom stereocenters. The second kappa shape index (κ2) is 14.9. The first-order chi connectivity index (χ1) is 32.6. The van der Waals surface area contributed by atoms with E-state index in [0.717, 1.165) is 94.1 Å². The van der Waals surface area contributed by atoms with Gasteiger partial charge in [0, 0.05) is 44.7 Å². The van der Waals surface area contributed by atoms with Gasteiger partial charge in [-0.3, -0.25) is 4.99 Å². The zero-order valence-corrected chi connectivity index (χ0v) is 35.6. The van der Waals surface area contributed by atoms with Gasteiger partial charge in [-0.05, 0) is 96.5 Å². The second-order valence-electron chi connectivity index (χ2n) is 17.1. The van der Waals surface area contributed by atoms with E-state index in [0.29, 0.717) is 17.8 Å². The molecule has 1 aliphatic rings. The molecule has 308 valence electrons. The predicted molar refractivity (Wildman–Crippen MR) is 272 cm³/mol. The highest BCUT2D eigenvalue weighted by Gasteiger charge is 2.26. The Morgan fingerprint density at radius 1 is 0.470 bits per heavy atom. The monoisotopic (exact) mass is 843 g/mol. The van der Waals surface area contributed by atoms with Gasteiger partial charge in [0.05, 0.1) is 23.4 Å². The number of aliphatic imine (C=N–C) groups is 2. The van der Waals surface area contributed by atoms with Crippen molar-refractivity contribution in [3.8, 4) is 28.3 Å². The minimum Gasteiger partial charge on any atom is -0.456 e. The third kappa shape index (κ3) is 5.86. The summed E-state index contributed by atoms with van der Waals surface area (Å²) in [4.78, 5) is 10.8. The van der Waals surface area contributed by atoms with Crippen molar-refractivity contribution in [2.75, 3.05) is 0 Å². The number of hydrogen-bond acceptors (Lipinski definition) is 5. The molecule has 0 fully saturated rings. The number of benzene rings is 10. The fourth-order valence-corrected chi connectivity index (χ4v) is 10.3. The van der Waals surface area contributed by atoms with Crippen LogP contribution in [0.1, 0.15) is 34.7 Å². The fraction of sp³-hybridized carbons (Fsp3) is 0.0328. The average Bonchev–Trinajstić information content (AvgIpc) is 3.91. The molecular formula is C61H37N3O2. The lowest BCUT2D eigenvalue weighted by Crippen LogP contribution is -2.08. The van der Waals surface area contributed by atoms with Crippen molar-refractivity contribution in [2.24, 2.45) is 9.98 Å². The van der Waals surface area contributed by atoms with Gasteiger partial charge in [0.1, 0.15) is 22.3 Å². The van der Waals surface area contributed by atoms with Crippen LogP contribution < -0.4 is 0 Å². The van der Waals surface area contributed by atoms with Gasteiger partial charge in [0.25, 0.3) is 0 Å². The van der Waals surface area contributed by atoms with Gasteiger partial charge >= 0.3 is 0 Å². The Bertz CT molecular complexity index is 4090. The molecule has 0 saturated heterocycles. The van der Waals surface area contributed by atoms with Crippen LogP contribution in [0.15, 0.2) is 225 Å². The Morgan fingerprint density at radius 3 is 1.80 bits per heavy atom. The Hall–Kier alpha value is -8.85.